The van der Waals surface area contributed by atoms with Crippen LogP contribution in [-0.2, 0) is 6.04 Å². The largest absolute Gasteiger partial charge is 0.0448 e. The molecule has 0 atom stereocenters. The molecule has 0 nitrogen and oxygen atoms in total. The van der Waals surface area contributed by atoms with Gasteiger partial charge in [-0.15, -0.1) is 0 Å². The van der Waals surface area contributed by atoms with Crippen molar-refractivity contribution in [1.29, 1.82) is 0 Å². The highest BCUT2D eigenvalue weighted by Gasteiger charge is 2.02. The van der Waals surface area contributed by atoms with Crippen LogP contribution in [0.1, 0.15) is 5.56 Å². The first-order valence-corrected chi connectivity index (χ1v) is 7.93. The zero-order valence-electron chi connectivity index (χ0n) is 6.00. The molecule has 0 aliphatic rings. The van der Waals surface area contributed by atoms with Gasteiger partial charge in [-0.1, -0.05) is 0 Å². The zero-order chi connectivity index (χ0) is 8.43. The molecular weight excluding hydrogens is 493 g/mol. The molecule has 0 N–H and O–H groups in total. The van der Waals surface area contributed by atoms with Gasteiger partial charge in [-0.2, -0.15) is 0 Å². The van der Waals surface area contributed by atoms with Gasteiger partial charge in [0.05, 0.1) is 0 Å². The average molecular weight is 500 g/mol. The van der Waals surface area contributed by atoms with Crippen LogP contribution in [0.3, 0.4) is 0 Å². The summed E-state index contributed by atoms with van der Waals surface area (Å²) in [6.07, 6.45) is 0. The molecule has 0 unspecified atom stereocenters. The Morgan fingerprint density at radius 3 is 2.36 bits per heavy atom. The molecular formula is C7H7I3Si. The van der Waals surface area contributed by atoms with Crippen molar-refractivity contribution in [1.82, 2.24) is 0 Å². The van der Waals surface area contributed by atoms with E-state index in [0.29, 0.717) is 0 Å². The van der Waals surface area contributed by atoms with Crippen LogP contribution in [0.15, 0.2) is 12.1 Å². The highest BCUT2D eigenvalue weighted by Crippen LogP contribution is 2.22. The Hall–Kier alpha value is 1.63. The lowest BCUT2D eigenvalue weighted by molar-refractivity contribution is 1.33. The number of benzene rings is 1. The summed E-state index contributed by atoms with van der Waals surface area (Å²) in [5.41, 5.74) is 1.52. The SMILES string of the molecule is [SiH3]Cc1cc(I)cc(I)c1I. The summed E-state index contributed by atoms with van der Waals surface area (Å²) in [6, 6.07) is 5.78. The fraction of sp³-hybridized carbons (Fsp3) is 0.143. The summed E-state index contributed by atoms with van der Waals surface area (Å²) < 4.78 is 4.19. The predicted molar refractivity (Wildman–Crippen MR) is 78.2 cm³/mol. The van der Waals surface area contributed by atoms with E-state index in [1.807, 2.05) is 0 Å². The summed E-state index contributed by atoms with van der Waals surface area (Å²) in [5.74, 6) is 0. The van der Waals surface area contributed by atoms with Crippen LogP contribution in [0.25, 0.3) is 0 Å². The van der Waals surface area contributed by atoms with Crippen LogP contribution in [0, 0.1) is 10.7 Å². The lowest BCUT2D eigenvalue weighted by Crippen LogP contribution is -1.93. The predicted octanol–water partition coefficient (Wildman–Crippen LogP) is 2.37. The Morgan fingerprint density at radius 2 is 1.82 bits per heavy atom. The monoisotopic (exact) mass is 500 g/mol. The maximum Gasteiger partial charge on any atom is 0.0293 e. The van der Waals surface area contributed by atoms with Crippen LogP contribution in [0.5, 0.6) is 0 Å². The van der Waals surface area contributed by atoms with E-state index in [1.54, 1.807) is 0 Å². The van der Waals surface area contributed by atoms with Crippen molar-refractivity contribution in [2.75, 3.05) is 0 Å². The van der Waals surface area contributed by atoms with Gasteiger partial charge in [-0.25, -0.2) is 0 Å². The Kier molecular flexibility index (Phi) is 4.62. The molecule has 11 heavy (non-hydrogen) atoms. The number of rotatable bonds is 1. The van der Waals surface area contributed by atoms with Gasteiger partial charge in [0, 0.05) is 21.0 Å². The van der Waals surface area contributed by atoms with E-state index in [9.17, 15) is 0 Å². The molecule has 0 saturated heterocycles. The van der Waals surface area contributed by atoms with E-state index >= 15 is 0 Å². The smallest absolute Gasteiger partial charge is 0.0293 e. The van der Waals surface area contributed by atoms with Gasteiger partial charge in [0.15, 0.2) is 0 Å². The first-order valence-electron chi connectivity index (χ1n) is 3.28. The Balaban J connectivity index is 3.24. The topological polar surface area (TPSA) is 0 Å². The van der Waals surface area contributed by atoms with Crippen molar-refractivity contribution in [3.05, 3.63) is 28.4 Å². The van der Waals surface area contributed by atoms with Crippen molar-refractivity contribution in [2.45, 2.75) is 6.04 Å². The first-order chi connectivity index (χ1) is 5.15. The number of halogens is 3. The van der Waals surface area contributed by atoms with Crippen LogP contribution in [0.2, 0.25) is 0 Å². The van der Waals surface area contributed by atoms with E-state index in [4.69, 9.17) is 0 Å². The van der Waals surface area contributed by atoms with E-state index in [-0.39, 0.29) is 0 Å². The van der Waals surface area contributed by atoms with Crippen molar-refractivity contribution in [3.8, 4) is 0 Å². The van der Waals surface area contributed by atoms with Gasteiger partial charge in [0.25, 0.3) is 0 Å². The molecule has 0 aliphatic heterocycles. The van der Waals surface area contributed by atoms with Gasteiger partial charge < -0.3 is 0 Å². The minimum absolute atomic E-state index is 1.26. The second-order valence-electron chi connectivity index (χ2n) is 2.21. The second kappa shape index (κ2) is 4.75. The molecule has 0 amide bonds. The fourth-order valence-corrected chi connectivity index (χ4v) is 4.80. The van der Waals surface area contributed by atoms with E-state index in [2.05, 4.69) is 79.9 Å². The molecule has 1 rings (SSSR count). The van der Waals surface area contributed by atoms with Crippen molar-refractivity contribution < 1.29 is 0 Å². The quantitative estimate of drug-likeness (QED) is 0.316. The maximum absolute atomic E-state index is 2.43. The van der Waals surface area contributed by atoms with Gasteiger partial charge in [-0.05, 0) is 91.5 Å². The van der Waals surface area contributed by atoms with Crippen LogP contribution < -0.4 is 0 Å². The molecule has 60 valence electrons. The third-order valence-corrected chi connectivity index (χ3v) is 5.99. The highest BCUT2D eigenvalue weighted by molar-refractivity contribution is 14.1. The molecule has 1 aromatic carbocycles. The van der Waals surface area contributed by atoms with Gasteiger partial charge in [0.1, 0.15) is 0 Å². The van der Waals surface area contributed by atoms with E-state index in [1.165, 1.54) is 32.6 Å². The van der Waals surface area contributed by atoms with Crippen molar-refractivity contribution in [2.24, 2.45) is 0 Å². The van der Waals surface area contributed by atoms with Crippen LogP contribution in [0.4, 0.5) is 0 Å². The average Bonchev–Trinajstić information content (AvgIpc) is 1.96. The molecule has 0 aliphatic carbocycles. The Bertz CT molecular complexity index is 273. The number of hydrogen-bond acceptors (Lipinski definition) is 0. The number of hydrogen-bond donors (Lipinski definition) is 0. The van der Waals surface area contributed by atoms with E-state index < -0.39 is 0 Å². The normalized spacial score (nSPS) is 10.5. The molecule has 0 aromatic heterocycles. The third-order valence-electron chi connectivity index (χ3n) is 1.45. The standard InChI is InChI=1S/C7H7I3Si/c8-5-1-4(3-11)7(10)6(9)2-5/h1-2H,3H2,11H3. The van der Waals surface area contributed by atoms with Gasteiger partial charge in [-0.3, -0.25) is 0 Å². The van der Waals surface area contributed by atoms with Crippen LogP contribution in [-0.4, -0.2) is 10.2 Å². The highest BCUT2D eigenvalue weighted by atomic mass is 127. The summed E-state index contributed by atoms with van der Waals surface area (Å²) in [4.78, 5) is 0. The lowest BCUT2D eigenvalue weighted by Gasteiger charge is -2.04. The maximum atomic E-state index is 2.43. The molecule has 4 heteroatoms. The molecule has 0 spiro atoms. The molecule has 1 aromatic rings. The van der Waals surface area contributed by atoms with Gasteiger partial charge in [0.2, 0.25) is 0 Å². The Morgan fingerprint density at radius 1 is 1.18 bits per heavy atom. The fourth-order valence-electron chi connectivity index (χ4n) is 0.867. The molecule has 0 radical (unpaired) electrons. The first kappa shape index (κ1) is 10.7. The molecule has 0 bridgehead atoms. The zero-order valence-corrected chi connectivity index (χ0v) is 14.5. The van der Waals surface area contributed by atoms with Crippen molar-refractivity contribution in [3.63, 3.8) is 0 Å². The van der Waals surface area contributed by atoms with Crippen molar-refractivity contribution >= 4 is 78.0 Å². The summed E-state index contributed by atoms with van der Waals surface area (Å²) in [6.45, 7) is 0. The second-order valence-corrected chi connectivity index (χ2v) is 6.41. The van der Waals surface area contributed by atoms with Gasteiger partial charge >= 0.3 is 0 Å². The third kappa shape index (κ3) is 2.80. The summed E-state index contributed by atoms with van der Waals surface area (Å²) in [5, 5.41) is 0. The van der Waals surface area contributed by atoms with Crippen LogP contribution >= 0.6 is 67.8 Å². The molecule has 0 heterocycles. The molecule has 0 saturated carbocycles. The molecule has 0 fully saturated rings. The summed E-state index contributed by atoms with van der Waals surface area (Å²) in [7, 11) is 1.26. The Labute approximate surface area is 111 Å². The summed E-state index contributed by atoms with van der Waals surface area (Å²) >= 11 is 7.21. The minimum Gasteiger partial charge on any atom is -0.0448 e. The lowest BCUT2D eigenvalue weighted by atomic mass is 10.2. The minimum atomic E-state index is 1.26. The van der Waals surface area contributed by atoms with E-state index in [0.717, 1.165) is 0 Å².